The molecular weight excluding hydrogens is 298 g/mol. The van der Waals surface area contributed by atoms with Crippen LogP contribution in [-0.2, 0) is 6.67 Å². The summed E-state index contributed by atoms with van der Waals surface area (Å²) >= 11 is 5.31. The first-order valence-corrected chi connectivity index (χ1v) is 8.04. The van der Waals surface area contributed by atoms with Crippen LogP contribution in [0.15, 0.2) is 28.7 Å². The molecule has 1 aromatic heterocycles. The molecule has 1 unspecified atom stereocenters. The predicted molar refractivity (Wildman–Crippen MR) is 87.3 cm³/mol. The van der Waals surface area contributed by atoms with Crippen LogP contribution in [0.25, 0.3) is 11.5 Å². The monoisotopic (exact) mass is 319 g/mol. The van der Waals surface area contributed by atoms with Crippen LogP contribution < -0.4 is 4.74 Å². The smallest absolute Gasteiger partial charge is 0.288 e. The zero-order valence-electron chi connectivity index (χ0n) is 13.0. The first-order valence-electron chi connectivity index (χ1n) is 7.64. The molecule has 2 aromatic rings. The molecule has 0 N–H and O–H groups in total. The molecule has 1 saturated heterocycles. The number of piperidine rings is 1. The molecule has 1 fully saturated rings. The van der Waals surface area contributed by atoms with Crippen molar-refractivity contribution < 1.29 is 9.15 Å². The minimum atomic E-state index is 0.420. The predicted octanol–water partition coefficient (Wildman–Crippen LogP) is 3.71. The standard InChI is InChI=1S/C16H21N3O2S/c1-12-5-3-4-10-18(12)11-19-16(22)21-15(17-19)13-6-8-14(20-2)9-7-13/h6-9,12H,3-5,10-11H2,1-2H3. The van der Waals surface area contributed by atoms with Gasteiger partial charge in [0.2, 0.25) is 5.89 Å². The summed E-state index contributed by atoms with van der Waals surface area (Å²) in [5, 5.41) is 4.53. The number of ether oxygens (including phenoxy) is 1. The van der Waals surface area contributed by atoms with Gasteiger partial charge < -0.3 is 9.15 Å². The Labute approximate surface area is 135 Å². The van der Waals surface area contributed by atoms with E-state index in [4.69, 9.17) is 21.4 Å². The minimum absolute atomic E-state index is 0.420. The number of likely N-dealkylation sites (tertiary alicyclic amines) is 1. The van der Waals surface area contributed by atoms with Gasteiger partial charge in [-0.05, 0) is 56.2 Å². The molecule has 1 aliphatic rings. The molecule has 6 heteroatoms. The van der Waals surface area contributed by atoms with Crippen LogP contribution in [0.4, 0.5) is 0 Å². The van der Waals surface area contributed by atoms with E-state index >= 15 is 0 Å². The van der Waals surface area contributed by atoms with Gasteiger partial charge in [0, 0.05) is 18.2 Å². The lowest BCUT2D eigenvalue weighted by atomic mass is 10.0. The third-order valence-electron chi connectivity index (χ3n) is 4.20. The van der Waals surface area contributed by atoms with Gasteiger partial charge in [0.1, 0.15) is 5.75 Å². The molecule has 0 aliphatic carbocycles. The van der Waals surface area contributed by atoms with E-state index in [0.29, 0.717) is 23.4 Å². The fourth-order valence-corrected chi connectivity index (χ4v) is 2.96. The van der Waals surface area contributed by atoms with Crippen LogP contribution in [0.5, 0.6) is 5.75 Å². The Morgan fingerprint density at radius 1 is 1.32 bits per heavy atom. The molecule has 0 radical (unpaired) electrons. The summed E-state index contributed by atoms with van der Waals surface area (Å²) in [5.41, 5.74) is 0.900. The van der Waals surface area contributed by atoms with Gasteiger partial charge in [-0.15, -0.1) is 5.10 Å². The van der Waals surface area contributed by atoms with Crippen molar-refractivity contribution >= 4 is 12.2 Å². The highest BCUT2D eigenvalue weighted by molar-refractivity contribution is 7.71. The summed E-state index contributed by atoms with van der Waals surface area (Å²) < 4.78 is 12.6. The van der Waals surface area contributed by atoms with Crippen molar-refractivity contribution in [3.63, 3.8) is 0 Å². The van der Waals surface area contributed by atoms with Crippen molar-refractivity contribution in [3.05, 3.63) is 29.1 Å². The normalized spacial score (nSPS) is 19.3. The van der Waals surface area contributed by atoms with E-state index in [-0.39, 0.29) is 0 Å². The zero-order valence-corrected chi connectivity index (χ0v) is 13.8. The quantitative estimate of drug-likeness (QED) is 0.804. The van der Waals surface area contributed by atoms with Crippen molar-refractivity contribution in [2.24, 2.45) is 0 Å². The van der Waals surface area contributed by atoms with Crippen LogP contribution in [0, 0.1) is 4.84 Å². The van der Waals surface area contributed by atoms with E-state index in [1.54, 1.807) is 11.8 Å². The lowest BCUT2D eigenvalue weighted by molar-refractivity contribution is 0.113. The van der Waals surface area contributed by atoms with Gasteiger partial charge >= 0.3 is 0 Å². The molecule has 22 heavy (non-hydrogen) atoms. The van der Waals surface area contributed by atoms with Crippen molar-refractivity contribution in [1.29, 1.82) is 0 Å². The maximum atomic E-state index is 5.65. The van der Waals surface area contributed by atoms with Crippen molar-refractivity contribution in [3.8, 4) is 17.2 Å². The van der Waals surface area contributed by atoms with E-state index < -0.39 is 0 Å². The van der Waals surface area contributed by atoms with E-state index in [1.165, 1.54) is 19.3 Å². The summed E-state index contributed by atoms with van der Waals surface area (Å²) in [7, 11) is 1.65. The average Bonchev–Trinajstić information content (AvgIpc) is 2.91. The second-order valence-corrected chi connectivity index (χ2v) is 6.05. The van der Waals surface area contributed by atoms with E-state index in [0.717, 1.165) is 17.9 Å². The fourth-order valence-electron chi connectivity index (χ4n) is 2.79. The molecule has 0 saturated carbocycles. The summed E-state index contributed by atoms with van der Waals surface area (Å²) in [6.45, 7) is 4.04. The third kappa shape index (κ3) is 3.23. The van der Waals surface area contributed by atoms with Gasteiger partial charge in [-0.3, -0.25) is 4.90 Å². The summed E-state index contributed by atoms with van der Waals surface area (Å²) in [6.07, 6.45) is 3.77. The lowest BCUT2D eigenvalue weighted by Gasteiger charge is -2.32. The molecule has 1 aliphatic heterocycles. The molecule has 3 rings (SSSR count). The Morgan fingerprint density at radius 2 is 2.09 bits per heavy atom. The third-order valence-corrected chi connectivity index (χ3v) is 4.49. The fraction of sp³-hybridized carbons (Fsp3) is 0.500. The molecule has 5 nitrogen and oxygen atoms in total. The molecule has 0 spiro atoms. The number of benzene rings is 1. The van der Waals surface area contributed by atoms with Crippen molar-refractivity contribution in [2.45, 2.75) is 38.9 Å². The van der Waals surface area contributed by atoms with Crippen LogP contribution in [0.3, 0.4) is 0 Å². The summed E-state index contributed by atoms with van der Waals surface area (Å²) in [5.74, 6) is 1.36. The second-order valence-electron chi connectivity index (χ2n) is 5.70. The molecule has 1 aromatic carbocycles. The van der Waals surface area contributed by atoms with E-state index in [1.807, 2.05) is 24.3 Å². The summed E-state index contributed by atoms with van der Waals surface area (Å²) in [6, 6.07) is 8.19. The van der Waals surface area contributed by atoms with Gasteiger partial charge in [-0.2, -0.15) is 0 Å². The van der Waals surface area contributed by atoms with Gasteiger partial charge in [0.15, 0.2) is 0 Å². The summed E-state index contributed by atoms with van der Waals surface area (Å²) in [4.78, 5) is 2.82. The first kappa shape index (κ1) is 15.2. The Balaban J connectivity index is 1.79. The topological polar surface area (TPSA) is 43.4 Å². The SMILES string of the molecule is COc1ccc(-c2nn(CN3CCCCC3C)c(=S)o2)cc1. The minimum Gasteiger partial charge on any atom is -0.497 e. The molecule has 118 valence electrons. The number of aromatic nitrogens is 2. The maximum Gasteiger partial charge on any atom is 0.288 e. The Hall–Kier alpha value is -1.66. The lowest BCUT2D eigenvalue weighted by Crippen LogP contribution is -2.38. The average molecular weight is 319 g/mol. The Kier molecular flexibility index (Phi) is 4.59. The number of hydrogen-bond acceptors (Lipinski definition) is 5. The molecule has 2 heterocycles. The largest absolute Gasteiger partial charge is 0.497 e. The molecular formula is C16H21N3O2S. The number of rotatable bonds is 4. The van der Waals surface area contributed by atoms with Crippen LogP contribution >= 0.6 is 12.2 Å². The van der Waals surface area contributed by atoms with Crippen LogP contribution in [-0.4, -0.2) is 34.4 Å². The highest BCUT2D eigenvalue weighted by Gasteiger charge is 2.19. The van der Waals surface area contributed by atoms with Crippen molar-refractivity contribution in [1.82, 2.24) is 14.7 Å². The highest BCUT2D eigenvalue weighted by atomic mass is 32.1. The van der Waals surface area contributed by atoms with Crippen molar-refractivity contribution in [2.75, 3.05) is 13.7 Å². The van der Waals surface area contributed by atoms with Crippen LogP contribution in [0.2, 0.25) is 0 Å². The molecule has 1 atom stereocenters. The Bertz CT molecular complexity index is 677. The van der Waals surface area contributed by atoms with E-state index in [2.05, 4.69) is 16.9 Å². The highest BCUT2D eigenvalue weighted by Crippen LogP contribution is 2.22. The number of hydrogen-bond donors (Lipinski definition) is 0. The Morgan fingerprint density at radius 3 is 2.77 bits per heavy atom. The van der Waals surface area contributed by atoms with E-state index in [9.17, 15) is 0 Å². The van der Waals surface area contributed by atoms with Gasteiger partial charge in [-0.25, -0.2) is 4.68 Å². The molecule has 0 amide bonds. The van der Waals surface area contributed by atoms with Gasteiger partial charge in [0.05, 0.1) is 13.8 Å². The second kappa shape index (κ2) is 6.62. The van der Waals surface area contributed by atoms with Gasteiger partial charge in [-0.1, -0.05) is 6.42 Å². The molecule has 0 bridgehead atoms. The zero-order chi connectivity index (χ0) is 15.5. The number of nitrogens with zero attached hydrogens (tertiary/aromatic N) is 3. The van der Waals surface area contributed by atoms with Gasteiger partial charge in [0.25, 0.3) is 4.84 Å². The first-order chi connectivity index (χ1) is 10.7. The maximum absolute atomic E-state index is 5.65. The van der Waals surface area contributed by atoms with Crippen LogP contribution in [0.1, 0.15) is 26.2 Å². The number of methoxy groups -OCH3 is 1.